The van der Waals surface area contributed by atoms with Crippen LogP contribution in [0.5, 0.6) is 0 Å². The molecule has 0 saturated carbocycles. The third-order valence-electron chi connectivity index (χ3n) is 2.32. The van der Waals surface area contributed by atoms with E-state index in [1.54, 1.807) is 24.1 Å². The second kappa shape index (κ2) is 6.17. The minimum Gasteiger partial charge on any atom is -0.389 e. The summed E-state index contributed by atoms with van der Waals surface area (Å²) in [7, 11) is 3.27. The molecule has 1 aromatic rings. The maximum absolute atomic E-state index is 10.6. The van der Waals surface area contributed by atoms with Crippen LogP contribution in [0.15, 0.2) is 24.3 Å². The smallest absolute Gasteiger partial charge is 0.271 e. The summed E-state index contributed by atoms with van der Waals surface area (Å²) in [5.41, 5.74) is 0.727. The van der Waals surface area contributed by atoms with Gasteiger partial charge in [-0.1, -0.05) is 6.07 Å². The topological polar surface area (TPSA) is 75.8 Å². The molecule has 1 aromatic carbocycles. The van der Waals surface area contributed by atoms with Gasteiger partial charge in [-0.25, -0.2) is 0 Å². The number of benzene rings is 1. The highest BCUT2D eigenvalue weighted by Gasteiger charge is 2.11. The summed E-state index contributed by atoms with van der Waals surface area (Å²) >= 11 is 0. The first kappa shape index (κ1) is 13.4. The predicted molar refractivity (Wildman–Crippen MR) is 64.2 cm³/mol. The quantitative estimate of drug-likeness (QED) is 0.594. The fourth-order valence-electron chi connectivity index (χ4n) is 1.51. The van der Waals surface area contributed by atoms with Gasteiger partial charge in [-0.2, -0.15) is 0 Å². The van der Waals surface area contributed by atoms with Gasteiger partial charge in [0.1, 0.15) is 0 Å². The Morgan fingerprint density at radius 2 is 2.29 bits per heavy atom. The van der Waals surface area contributed by atoms with Crippen molar-refractivity contribution in [2.45, 2.75) is 6.10 Å². The van der Waals surface area contributed by atoms with Crippen LogP contribution in [0.1, 0.15) is 0 Å². The second-order valence-corrected chi connectivity index (χ2v) is 3.77. The van der Waals surface area contributed by atoms with Crippen LogP contribution in [0.3, 0.4) is 0 Å². The van der Waals surface area contributed by atoms with Crippen LogP contribution < -0.4 is 4.90 Å². The van der Waals surface area contributed by atoms with Crippen LogP contribution in [0.25, 0.3) is 0 Å². The van der Waals surface area contributed by atoms with Crippen LogP contribution >= 0.6 is 0 Å². The maximum atomic E-state index is 10.6. The summed E-state index contributed by atoms with van der Waals surface area (Å²) in [5.74, 6) is 0. The first-order valence-electron chi connectivity index (χ1n) is 5.17. The maximum Gasteiger partial charge on any atom is 0.271 e. The van der Waals surface area contributed by atoms with Crippen molar-refractivity contribution < 1.29 is 14.8 Å². The van der Waals surface area contributed by atoms with Gasteiger partial charge in [0.25, 0.3) is 5.69 Å². The fraction of sp³-hybridized carbons (Fsp3) is 0.455. The summed E-state index contributed by atoms with van der Waals surface area (Å²) < 4.78 is 4.82. The van der Waals surface area contributed by atoms with Crippen molar-refractivity contribution >= 4 is 11.4 Å². The number of hydrogen-bond acceptors (Lipinski definition) is 5. The highest BCUT2D eigenvalue weighted by Crippen LogP contribution is 2.20. The van der Waals surface area contributed by atoms with Crippen molar-refractivity contribution in [2.24, 2.45) is 0 Å². The molecule has 0 radical (unpaired) electrons. The zero-order chi connectivity index (χ0) is 12.8. The van der Waals surface area contributed by atoms with E-state index >= 15 is 0 Å². The SMILES string of the molecule is COCC(O)CN(C)c1cccc([N+](=O)[O-])c1. The normalized spacial score (nSPS) is 12.2. The zero-order valence-electron chi connectivity index (χ0n) is 9.87. The summed E-state index contributed by atoms with van der Waals surface area (Å²) in [5, 5.41) is 20.2. The molecule has 0 fully saturated rings. The number of non-ortho nitro benzene ring substituents is 1. The molecule has 0 aliphatic heterocycles. The third kappa shape index (κ3) is 4.01. The van der Waals surface area contributed by atoms with Crippen molar-refractivity contribution in [1.82, 2.24) is 0 Å². The monoisotopic (exact) mass is 240 g/mol. The average Bonchev–Trinajstić information content (AvgIpc) is 2.29. The number of aliphatic hydroxyl groups excluding tert-OH is 1. The van der Waals surface area contributed by atoms with E-state index in [9.17, 15) is 15.2 Å². The Morgan fingerprint density at radius 1 is 1.59 bits per heavy atom. The van der Waals surface area contributed by atoms with Gasteiger partial charge >= 0.3 is 0 Å². The molecule has 0 aliphatic rings. The third-order valence-corrected chi connectivity index (χ3v) is 2.32. The molecule has 0 saturated heterocycles. The van der Waals surface area contributed by atoms with Crippen LogP contribution in [0, 0.1) is 10.1 Å². The molecule has 0 aromatic heterocycles. The van der Waals surface area contributed by atoms with E-state index in [1.807, 2.05) is 0 Å². The van der Waals surface area contributed by atoms with Crippen LogP contribution in [-0.4, -0.2) is 43.4 Å². The van der Waals surface area contributed by atoms with Gasteiger partial charge in [0, 0.05) is 38.5 Å². The molecule has 1 N–H and O–H groups in total. The summed E-state index contributed by atoms with van der Waals surface area (Å²) in [6.45, 7) is 0.592. The zero-order valence-corrected chi connectivity index (χ0v) is 9.87. The number of hydrogen-bond donors (Lipinski definition) is 1. The van der Waals surface area contributed by atoms with Crippen LogP contribution in [0.2, 0.25) is 0 Å². The number of anilines is 1. The molecule has 1 rings (SSSR count). The van der Waals surface area contributed by atoms with Crippen LogP contribution in [-0.2, 0) is 4.74 Å². The Hall–Kier alpha value is -1.66. The molecule has 6 nitrogen and oxygen atoms in total. The van der Waals surface area contributed by atoms with Crippen molar-refractivity contribution in [2.75, 3.05) is 32.2 Å². The van der Waals surface area contributed by atoms with Crippen molar-refractivity contribution in [3.05, 3.63) is 34.4 Å². The van der Waals surface area contributed by atoms with E-state index in [0.717, 1.165) is 0 Å². The molecule has 0 bridgehead atoms. The molecule has 1 atom stereocenters. The molecule has 0 amide bonds. The molecular weight excluding hydrogens is 224 g/mol. The number of nitro groups is 1. The summed E-state index contributed by atoms with van der Waals surface area (Å²) in [6.07, 6.45) is -0.621. The van der Waals surface area contributed by atoms with Gasteiger partial charge in [-0.05, 0) is 6.07 Å². The molecular formula is C11H16N2O4. The Morgan fingerprint density at radius 3 is 2.88 bits per heavy atom. The number of likely N-dealkylation sites (N-methyl/N-ethyl adjacent to an activating group) is 1. The molecule has 0 spiro atoms. The van der Waals surface area contributed by atoms with Gasteiger partial charge in [0.05, 0.1) is 17.6 Å². The lowest BCUT2D eigenvalue weighted by Gasteiger charge is -2.22. The summed E-state index contributed by atoms with van der Waals surface area (Å²) in [6, 6.07) is 6.28. The van der Waals surface area contributed by atoms with Gasteiger partial charge < -0.3 is 14.7 Å². The molecule has 0 aliphatic carbocycles. The number of aliphatic hydroxyl groups is 1. The van der Waals surface area contributed by atoms with Gasteiger partial charge in [0.2, 0.25) is 0 Å². The largest absolute Gasteiger partial charge is 0.389 e. The van der Waals surface area contributed by atoms with E-state index in [4.69, 9.17) is 4.74 Å². The van der Waals surface area contributed by atoms with Crippen molar-refractivity contribution in [3.8, 4) is 0 Å². The van der Waals surface area contributed by atoms with E-state index in [1.165, 1.54) is 19.2 Å². The molecule has 94 valence electrons. The highest BCUT2D eigenvalue weighted by atomic mass is 16.6. The minimum atomic E-state index is -0.621. The van der Waals surface area contributed by atoms with Crippen LogP contribution in [0.4, 0.5) is 11.4 Å². The predicted octanol–water partition coefficient (Wildman–Crippen LogP) is 1.04. The number of ether oxygens (including phenoxy) is 1. The summed E-state index contributed by atoms with van der Waals surface area (Å²) in [4.78, 5) is 11.9. The fourth-order valence-corrected chi connectivity index (χ4v) is 1.51. The van der Waals surface area contributed by atoms with Crippen molar-refractivity contribution in [3.63, 3.8) is 0 Å². The minimum absolute atomic E-state index is 0.0376. The second-order valence-electron chi connectivity index (χ2n) is 3.77. The number of nitrogens with zero attached hydrogens (tertiary/aromatic N) is 2. The molecule has 0 heterocycles. The Balaban J connectivity index is 2.71. The van der Waals surface area contributed by atoms with Gasteiger partial charge in [-0.3, -0.25) is 10.1 Å². The molecule has 17 heavy (non-hydrogen) atoms. The first-order chi connectivity index (χ1) is 8.04. The van der Waals surface area contributed by atoms with E-state index in [-0.39, 0.29) is 12.3 Å². The Kier molecular flexibility index (Phi) is 4.86. The number of rotatable bonds is 6. The Labute approximate surface area is 99.6 Å². The molecule has 1 unspecified atom stereocenters. The van der Waals surface area contributed by atoms with Gasteiger partial charge in [-0.15, -0.1) is 0 Å². The first-order valence-corrected chi connectivity index (χ1v) is 5.17. The average molecular weight is 240 g/mol. The highest BCUT2D eigenvalue weighted by molar-refractivity contribution is 5.52. The van der Waals surface area contributed by atoms with E-state index in [0.29, 0.717) is 12.2 Å². The molecule has 6 heteroatoms. The van der Waals surface area contributed by atoms with Gasteiger partial charge in [0.15, 0.2) is 0 Å². The van der Waals surface area contributed by atoms with E-state index in [2.05, 4.69) is 0 Å². The Bertz CT molecular complexity index is 383. The lowest BCUT2D eigenvalue weighted by atomic mass is 10.2. The standard InChI is InChI=1S/C11H16N2O4/c1-12(7-11(14)8-17-2)9-4-3-5-10(6-9)13(15)16/h3-6,11,14H,7-8H2,1-2H3. The van der Waals surface area contributed by atoms with Crippen molar-refractivity contribution in [1.29, 1.82) is 0 Å². The lowest BCUT2D eigenvalue weighted by Crippen LogP contribution is -2.31. The number of methoxy groups -OCH3 is 1. The number of nitro benzene ring substituents is 1. The van der Waals surface area contributed by atoms with E-state index < -0.39 is 11.0 Å². The lowest BCUT2D eigenvalue weighted by molar-refractivity contribution is -0.384.